The molecule has 0 aliphatic rings. The van der Waals surface area contributed by atoms with Crippen molar-refractivity contribution < 1.29 is 0 Å². The standard InChI is InChI=1S/C10H14ClN3/c1-4-10(2,3)6-13-9-8(11)5-12-7-14-9/h4-5,7H,1,6H2,2-3H3,(H,12,13,14). The van der Waals surface area contributed by atoms with Gasteiger partial charge in [0, 0.05) is 6.54 Å². The molecule has 76 valence electrons. The number of aromatic nitrogens is 2. The van der Waals surface area contributed by atoms with Gasteiger partial charge in [-0.15, -0.1) is 6.58 Å². The van der Waals surface area contributed by atoms with E-state index in [4.69, 9.17) is 11.6 Å². The molecule has 3 nitrogen and oxygen atoms in total. The normalized spacial score (nSPS) is 11.1. The Morgan fingerprint density at radius 1 is 1.64 bits per heavy atom. The molecule has 0 radical (unpaired) electrons. The summed E-state index contributed by atoms with van der Waals surface area (Å²) >= 11 is 5.88. The first-order chi connectivity index (χ1) is 6.55. The van der Waals surface area contributed by atoms with E-state index in [1.165, 1.54) is 6.33 Å². The molecule has 0 spiro atoms. The maximum Gasteiger partial charge on any atom is 0.148 e. The summed E-state index contributed by atoms with van der Waals surface area (Å²) in [6.07, 6.45) is 4.93. The van der Waals surface area contributed by atoms with E-state index in [1.54, 1.807) is 6.20 Å². The topological polar surface area (TPSA) is 37.8 Å². The van der Waals surface area contributed by atoms with E-state index in [0.29, 0.717) is 10.8 Å². The van der Waals surface area contributed by atoms with Gasteiger partial charge in [0.25, 0.3) is 0 Å². The molecule has 0 unspecified atom stereocenters. The van der Waals surface area contributed by atoms with Crippen molar-refractivity contribution in [2.75, 3.05) is 11.9 Å². The molecule has 4 heteroatoms. The van der Waals surface area contributed by atoms with Crippen LogP contribution in [-0.4, -0.2) is 16.5 Å². The first-order valence-electron chi connectivity index (χ1n) is 4.38. The molecule has 0 saturated carbocycles. The minimum absolute atomic E-state index is 0.0221. The molecule has 1 aromatic heterocycles. The van der Waals surface area contributed by atoms with E-state index >= 15 is 0 Å². The molecule has 0 aliphatic carbocycles. The molecular formula is C10H14ClN3. The first kappa shape index (κ1) is 11.0. The van der Waals surface area contributed by atoms with E-state index in [-0.39, 0.29) is 5.41 Å². The van der Waals surface area contributed by atoms with Crippen LogP contribution >= 0.6 is 11.6 Å². The van der Waals surface area contributed by atoms with Gasteiger partial charge in [-0.3, -0.25) is 0 Å². The van der Waals surface area contributed by atoms with Crippen molar-refractivity contribution in [1.82, 2.24) is 9.97 Å². The van der Waals surface area contributed by atoms with Gasteiger partial charge in [-0.05, 0) is 5.41 Å². The summed E-state index contributed by atoms with van der Waals surface area (Å²) < 4.78 is 0. The van der Waals surface area contributed by atoms with Crippen molar-refractivity contribution in [2.45, 2.75) is 13.8 Å². The van der Waals surface area contributed by atoms with Crippen molar-refractivity contribution in [3.63, 3.8) is 0 Å². The van der Waals surface area contributed by atoms with Gasteiger partial charge >= 0.3 is 0 Å². The summed E-state index contributed by atoms with van der Waals surface area (Å²) in [7, 11) is 0. The minimum atomic E-state index is 0.0221. The van der Waals surface area contributed by atoms with Gasteiger partial charge in [-0.1, -0.05) is 31.5 Å². The molecular weight excluding hydrogens is 198 g/mol. The molecule has 0 aliphatic heterocycles. The van der Waals surface area contributed by atoms with Crippen LogP contribution in [0.15, 0.2) is 25.2 Å². The van der Waals surface area contributed by atoms with Crippen LogP contribution in [0, 0.1) is 5.41 Å². The second-order valence-electron chi connectivity index (χ2n) is 3.77. The Morgan fingerprint density at radius 2 is 2.36 bits per heavy atom. The van der Waals surface area contributed by atoms with Gasteiger partial charge in [0.15, 0.2) is 0 Å². The lowest BCUT2D eigenvalue weighted by Crippen LogP contribution is -2.20. The highest BCUT2D eigenvalue weighted by molar-refractivity contribution is 6.32. The van der Waals surface area contributed by atoms with Crippen molar-refractivity contribution in [3.8, 4) is 0 Å². The van der Waals surface area contributed by atoms with E-state index < -0.39 is 0 Å². The number of nitrogens with zero attached hydrogens (tertiary/aromatic N) is 2. The number of hydrogen-bond donors (Lipinski definition) is 1. The summed E-state index contributed by atoms with van der Waals surface area (Å²) in [5, 5.41) is 3.68. The Labute approximate surface area is 89.2 Å². The van der Waals surface area contributed by atoms with Crippen LogP contribution in [0.4, 0.5) is 5.82 Å². The molecule has 1 aromatic rings. The molecule has 0 atom stereocenters. The van der Waals surface area contributed by atoms with Gasteiger partial charge in [0.2, 0.25) is 0 Å². The van der Waals surface area contributed by atoms with Crippen LogP contribution < -0.4 is 5.32 Å². The summed E-state index contributed by atoms with van der Waals surface area (Å²) in [6.45, 7) is 8.68. The third kappa shape index (κ3) is 3.00. The van der Waals surface area contributed by atoms with E-state index in [9.17, 15) is 0 Å². The van der Waals surface area contributed by atoms with Gasteiger partial charge in [-0.25, -0.2) is 9.97 Å². The molecule has 0 fully saturated rings. The molecule has 1 heterocycles. The Balaban J connectivity index is 2.62. The van der Waals surface area contributed by atoms with Crippen LogP contribution in [0.1, 0.15) is 13.8 Å². The highest BCUT2D eigenvalue weighted by Crippen LogP contribution is 2.20. The van der Waals surface area contributed by atoms with E-state index in [2.05, 4.69) is 35.7 Å². The molecule has 1 N–H and O–H groups in total. The predicted octanol–water partition coefficient (Wildman–Crippen LogP) is 2.75. The number of rotatable bonds is 4. The number of hydrogen-bond acceptors (Lipinski definition) is 3. The zero-order valence-corrected chi connectivity index (χ0v) is 9.17. The van der Waals surface area contributed by atoms with E-state index in [0.717, 1.165) is 6.54 Å². The fourth-order valence-corrected chi connectivity index (χ4v) is 0.998. The molecule has 0 amide bonds. The van der Waals surface area contributed by atoms with Gasteiger partial charge in [0.05, 0.1) is 6.20 Å². The Kier molecular flexibility index (Phi) is 3.47. The van der Waals surface area contributed by atoms with Crippen LogP contribution in [0.2, 0.25) is 5.02 Å². The summed E-state index contributed by atoms with van der Waals surface area (Å²) in [5.41, 5.74) is 0.0221. The molecule has 0 saturated heterocycles. The first-order valence-corrected chi connectivity index (χ1v) is 4.76. The summed E-state index contributed by atoms with van der Waals surface area (Å²) in [6, 6.07) is 0. The molecule has 0 aromatic carbocycles. The van der Waals surface area contributed by atoms with Gasteiger partial charge in [0.1, 0.15) is 17.2 Å². The molecule has 1 rings (SSSR count). The number of nitrogens with one attached hydrogen (secondary N) is 1. The third-order valence-corrected chi connectivity index (χ3v) is 2.21. The maximum atomic E-state index is 5.88. The highest BCUT2D eigenvalue weighted by atomic mass is 35.5. The van der Waals surface area contributed by atoms with Crippen LogP contribution in [-0.2, 0) is 0 Å². The maximum absolute atomic E-state index is 5.88. The van der Waals surface area contributed by atoms with Crippen LogP contribution in [0.25, 0.3) is 0 Å². The number of halogens is 1. The van der Waals surface area contributed by atoms with Crippen LogP contribution in [0.5, 0.6) is 0 Å². The average Bonchev–Trinajstić information content (AvgIpc) is 2.17. The SMILES string of the molecule is C=CC(C)(C)CNc1ncncc1Cl. The molecule has 14 heavy (non-hydrogen) atoms. The fourth-order valence-electron chi connectivity index (χ4n) is 0.826. The lowest BCUT2D eigenvalue weighted by Gasteiger charge is -2.20. The van der Waals surface area contributed by atoms with Crippen molar-refractivity contribution >= 4 is 17.4 Å². The van der Waals surface area contributed by atoms with Crippen molar-refractivity contribution in [1.29, 1.82) is 0 Å². The zero-order valence-electron chi connectivity index (χ0n) is 8.42. The highest BCUT2D eigenvalue weighted by Gasteiger charge is 2.13. The lowest BCUT2D eigenvalue weighted by molar-refractivity contribution is 0.513. The Hall–Kier alpha value is -1.09. The minimum Gasteiger partial charge on any atom is -0.368 e. The van der Waals surface area contributed by atoms with Crippen molar-refractivity contribution in [2.24, 2.45) is 5.41 Å². The molecule has 0 bridgehead atoms. The van der Waals surface area contributed by atoms with Gasteiger partial charge in [-0.2, -0.15) is 0 Å². The largest absolute Gasteiger partial charge is 0.368 e. The number of anilines is 1. The summed E-state index contributed by atoms with van der Waals surface area (Å²) in [4.78, 5) is 7.83. The lowest BCUT2D eigenvalue weighted by atomic mass is 9.94. The fraction of sp³-hybridized carbons (Fsp3) is 0.400. The predicted molar refractivity (Wildman–Crippen MR) is 59.5 cm³/mol. The third-order valence-electron chi connectivity index (χ3n) is 1.93. The summed E-state index contributed by atoms with van der Waals surface area (Å²) in [5.74, 6) is 0.664. The average molecular weight is 212 g/mol. The monoisotopic (exact) mass is 211 g/mol. The quantitative estimate of drug-likeness (QED) is 0.779. The zero-order chi connectivity index (χ0) is 10.6. The van der Waals surface area contributed by atoms with E-state index in [1.807, 2.05) is 6.08 Å². The van der Waals surface area contributed by atoms with Gasteiger partial charge < -0.3 is 5.32 Å². The Morgan fingerprint density at radius 3 is 2.93 bits per heavy atom. The van der Waals surface area contributed by atoms with Crippen LogP contribution in [0.3, 0.4) is 0 Å². The second kappa shape index (κ2) is 4.42. The second-order valence-corrected chi connectivity index (χ2v) is 4.17. The smallest absolute Gasteiger partial charge is 0.148 e. The Bertz CT molecular complexity index is 323. The van der Waals surface area contributed by atoms with Crippen molar-refractivity contribution in [3.05, 3.63) is 30.2 Å².